The number of likely N-dealkylation sites (tertiary alicyclic amines) is 1. The molecule has 3 aromatic rings. The van der Waals surface area contributed by atoms with Crippen molar-refractivity contribution in [3.8, 4) is 11.5 Å². The minimum absolute atomic E-state index is 0.00579. The molecule has 3 amide bonds. The molecule has 13 heteroatoms. The summed E-state index contributed by atoms with van der Waals surface area (Å²) in [5, 5.41) is 8.11. The highest BCUT2D eigenvalue weighted by atomic mass is 35.5. The standard InChI is InChI=1S/C19H16ClFN4O2.C9H16O2.C7H14N2O/c1-22-18-11-15(8-9-23-18)27-14-5-2-12(3-6-14)24-19(26)25-13-4-7-16(20)17(21)10-13;1-9(11)7-5-3-2-4-6-8-10;1-9-5-3-2-4-6(9)7(8)10/h2-11H,1H3,(H,22,23)(H2,24,25,26);8H,2-7H2,1H3;6H,2-5H2,1H3,(H2,8,10). The Kier molecular flexibility index (Phi) is 18.2. The van der Waals surface area contributed by atoms with Gasteiger partial charge in [-0.15, -0.1) is 0 Å². The number of nitrogens with two attached hydrogens (primary N) is 1. The van der Waals surface area contributed by atoms with Crippen LogP contribution in [0.5, 0.6) is 11.5 Å². The molecule has 4 rings (SSSR count). The summed E-state index contributed by atoms with van der Waals surface area (Å²) in [6.07, 6.45) is 11.3. The molecule has 0 radical (unpaired) electrons. The zero-order valence-electron chi connectivity index (χ0n) is 27.8. The largest absolute Gasteiger partial charge is 0.457 e. The second-order valence-electron chi connectivity index (χ2n) is 11.2. The van der Waals surface area contributed by atoms with Crippen LogP contribution < -0.4 is 26.4 Å². The van der Waals surface area contributed by atoms with Gasteiger partial charge in [-0.05, 0) is 94.7 Å². The normalized spacial score (nSPS) is 13.8. The van der Waals surface area contributed by atoms with Gasteiger partial charge in [-0.1, -0.05) is 30.9 Å². The van der Waals surface area contributed by atoms with Gasteiger partial charge in [0.15, 0.2) is 0 Å². The Balaban J connectivity index is 0.000000313. The molecule has 0 aliphatic carbocycles. The fourth-order valence-electron chi connectivity index (χ4n) is 4.61. The first-order valence-electron chi connectivity index (χ1n) is 15.9. The van der Waals surface area contributed by atoms with Crippen LogP contribution in [0.1, 0.15) is 64.7 Å². The van der Waals surface area contributed by atoms with E-state index in [1.54, 1.807) is 56.6 Å². The number of ketones is 1. The number of ether oxygens (including phenoxy) is 1. The Hall–Kier alpha value is -4.55. The minimum atomic E-state index is -0.603. The van der Waals surface area contributed by atoms with E-state index in [1.165, 1.54) is 18.6 Å². The van der Waals surface area contributed by atoms with Gasteiger partial charge in [-0.2, -0.15) is 0 Å². The number of amides is 3. The molecule has 1 fully saturated rings. The molecule has 48 heavy (non-hydrogen) atoms. The quantitative estimate of drug-likeness (QED) is 0.107. The van der Waals surface area contributed by atoms with E-state index < -0.39 is 11.8 Å². The number of benzene rings is 2. The predicted molar refractivity (Wildman–Crippen MR) is 188 cm³/mol. The van der Waals surface area contributed by atoms with E-state index in [1.807, 2.05) is 11.9 Å². The number of hydrogen-bond acceptors (Lipinski definition) is 8. The number of halogens is 2. The summed E-state index contributed by atoms with van der Waals surface area (Å²) in [4.78, 5) is 49.3. The van der Waals surface area contributed by atoms with Crippen molar-refractivity contribution in [2.24, 2.45) is 5.73 Å². The van der Waals surface area contributed by atoms with Crippen molar-refractivity contribution in [3.05, 3.63) is 71.6 Å². The number of rotatable bonds is 13. The number of anilines is 3. The van der Waals surface area contributed by atoms with Crippen molar-refractivity contribution in [1.82, 2.24) is 9.88 Å². The van der Waals surface area contributed by atoms with E-state index in [-0.39, 0.29) is 22.8 Å². The summed E-state index contributed by atoms with van der Waals surface area (Å²) >= 11 is 5.61. The zero-order chi connectivity index (χ0) is 35.3. The maximum Gasteiger partial charge on any atom is 0.323 e. The van der Waals surface area contributed by atoms with Crippen molar-refractivity contribution in [2.75, 3.05) is 36.6 Å². The van der Waals surface area contributed by atoms with E-state index in [0.717, 1.165) is 57.4 Å². The topological polar surface area (TPSA) is 156 Å². The molecule has 2 aromatic carbocycles. The van der Waals surface area contributed by atoms with Crippen LogP contribution in [0.2, 0.25) is 5.02 Å². The van der Waals surface area contributed by atoms with E-state index in [9.17, 15) is 23.6 Å². The molecule has 1 atom stereocenters. The van der Waals surface area contributed by atoms with Gasteiger partial charge in [0, 0.05) is 43.5 Å². The number of nitrogens with one attached hydrogen (secondary N) is 3. The van der Waals surface area contributed by atoms with Crippen molar-refractivity contribution in [3.63, 3.8) is 0 Å². The summed E-state index contributed by atoms with van der Waals surface area (Å²) < 4.78 is 19.1. The zero-order valence-corrected chi connectivity index (χ0v) is 28.5. The summed E-state index contributed by atoms with van der Waals surface area (Å²) in [5.74, 6) is 1.42. The number of Topliss-reactive ketones (excluding diaryl/α,β-unsaturated/α-hetero) is 1. The highest BCUT2D eigenvalue weighted by molar-refractivity contribution is 6.30. The van der Waals surface area contributed by atoms with Gasteiger partial charge in [-0.25, -0.2) is 14.2 Å². The summed E-state index contributed by atoms with van der Waals surface area (Å²) in [7, 11) is 3.73. The third-order valence-electron chi connectivity index (χ3n) is 7.21. The number of unbranched alkanes of at least 4 members (excludes halogenated alkanes) is 4. The van der Waals surface area contributed by atoms with E-state index in [2.05, 4.69) is 20.9 Å². The van der Waals surface area contributed by atoms with Gasteiger partial charge < -0.3 is 36.0 Å². The second-order valence-corrected chi connectivity index (χ2v) is 11.6. The molecule has 11 nitrogen and oxygen atoms in total. The summed E-state index contributed by atoms with van der Waals surface area (Å²) in [5.41, 5.74) is 6.03. The van der Waals surface area contributed by atoms with Gasteiger partial charge in [0.25, 0.3) is 0 Å². The van der Waals surface area contributed by atoms with Gasteiger partial charge >= 0.3 is 6.03 Å². The molecule has 5 N–H and O–H groups in total. The maximum absolute atomic E-state index is 13.4. The van der Waals surface area contributed by atoms with Gasteiger partial charge in [0.2, 0.25) is 5.91 Å². The van der Waals surface area contributed by atoms with Crippen molar-refractivity contribution < 1.29 is 28.3 Å². The highest BCUT2D eigenvalue weighted by Crippen LogP contribution is 2.25. The molecular weight excluding hydrogens is 639 g/mol. The van der Waals surface area contributed by atoms with Gasteiger partial charge in [0.05, 0.1) is 11.1 Å². The van der Waals surface area contributed by atoms with Crippen molar-refractivity contribution in [1.29, 1.82) is 0 Å². The lowest BCUT2D eigenvalue weighted by atomic mass is 10.0. The first-order valence-corrected chi connectivity index (χ1v) is 16.3. The van der Waals surface area contributed by atoms with Crippen LogP contribution in [0, 0.1) is 5.82 Å². The van der Waals surface area contributed by atoms with Crippen LogP contribution in [0.15, 0.2) is 60.8 Å². The summed E-state index contributed by atoms with van der Waals surface area (Å²) in [6, 6.07) is 13.9. The van der Waals surface area contributed by atoms with Crippen LogP contribution in [0.3, 0.4) is 0 Å². The lowest BCUT2D eigenvalue weighted by molar-refractivity contribution is -0.123. The molecule has 2 heterocycles. The lowest BCUT2D eigenvalue weighted by Crippen LogP contribution is -2.45. The molecule has 1 aliphatic rings. The number of carbonyl (C=O) groups is 4. The van der Waals surface area contributed by atoms with Crippen LogP contribution in [0.25, 0.3) is 0 Å². The molecule has 0 bridgehead atoms. The monoisotopic (exact) mass is 684 g/mol. The third-order valence-corrected chi connectivity index (χ3v) is 7.52. The predicted octanol–water partition coefficient (Wildman–Crippen LogP) is 7.42. The Bertz CT molecular complexity index is 1460. The number of hydrogen-bond donors (Lipinski definition) is 4. The molecular formula is C35H46ClFN6O5. The van der Waals surface area contributed by atoms with Gasteiger partial charge in [0.1, 0.15) is 35.2 Å². The molecule has 1 aliphatic heterocycles. The number of urea groups is 1. The molecule has 0 spiro atoms. The van der Waals surface area contributed by atoms with E-state index in [0.29, 0.717) is 41.5 Å². The molecule has 1 saturated heterocycles. The highest BCUT2D eigenvalue weighted by Gasteiger charge is 2.23. The van der Waals surface area contributed by atoms with Crippen LogP contribution in [-0.4, -0.2) is 60.6 Å². The number of aldehydes is 1. The fraction of sp³-hybridized carbons (Fsp3) is 0.400. The van der Waals surface area contributed by atoms with Gasteiger partial charge in [-0.3, -0.25) is 9.69 Å². The maximum atomic E-state index is 13.4. The van der Waals surface area contributed by atoms with Crippen molar-refractivity contribution >= 4 is 52.8 Å². The first-order chi connectivity index (χ1) is 23.0. The molecule has 260 valence electrons. The molecule has 1 unspecified atom stereocenters. The Morgan fingerprint density at radius 1 is 1.00 bits per heavy atom. The van der Waals surface area contributed by atoms with E-state index in [4.69, 9.17) is 22.1 Å². The number of piperidine rings is 1. The average molecular weight is 685 g/mol. The number of carbonyl (C=O) groups excluding carboxylic acids is 4. The Labute approximate surface area is 286 Å². The number of aromatic nitrogens is 1. The first kappa shape index (κ1) is 39.6. The smallest absolute Gasteiger partial charge is 0.323 e. The average Bonchev–Trinajstić information content (AvgIpc) is 3.06. The third kappa shape index (κ3) is 15.8. The number of likely N-dealkylation sites (N-methyl/N-ethyl adjacent to an activating group) is 1. The summed E-state index contributed by atoms with van der Waals surface area (Å²) in [6.45, 7) is 2.62. The Morgan fingerprint density at radius 2 is 1.69 bits per heavy atom. The molecule has 0 saturated carbocycles. The number of nitrogens with zero attached hydrogens (tertiary/aromatic N) is 2. The van der Waals surface area contributed by atoms with Crippen molar-refractivity contribution in [2.45, 2.75) is 70.8 Å². The van der Waals surface area contributed by atoms with Crippen LogP contribution in [0.4, 0.5) is 26.4 Å². The SMILES string of the molecule is CC(=O)CCCCCCC=O.CN1CCCCC1C(N)=O.CNc1cc(Oc2ccc(NC(=O)Nc3ccc(Cl)c(F)c3)cc2)ccn1. The number of pyridine rings is 1. The minimum Gasteiger partial charge on any atom is -0.457 e. The number of primary amides is 1. The van der Waals surface area contributed by atoms with Crippen LogP contribution in [-0.2, 0) is 14.4 Å². The van der Waals surface area contributed by atoms with Crippen LogP contribution >= 0.6 is 11.6 Å². The second kappa shape index (κ2) is 22.1. The Morgan fingerprint density at radius 3 is 2.29 bits per heavy atom. The lowest BCUT2D eigenvalue weighted by Gasteiger charge is -2.29. The van der Waals surface area contributed by atoms with E-state index >= 15 is 0 Å². The molecule has 1 aromatic heterocycles. The fourth-order valence-corrected chi connectivity index (χ4v) is 4.73.